The van der Waals surface area contributed by atoms with Crippen LogP contribution in [0.3, 0.4) is 0 Å². The SMILES string of the molecule is COC1CC(CC(=O)O)N(C(=O)CC2(OC)CCC2)C1. The van der Waals surface area contributed by atoms with Crippen molar-refractivity contribution in [3.05, 3.63) is 0 Å². The summed E-state index contributed by atoms with van der Waals surface area (Å²) in [6, 6.07) is -0.265. The maximum atomic E-state index is 12.5. The van der Waals surface area contributed by atoms with Gasteiger partial charge >= 0.3 is 5.97 Å². The standard InChI is InChI=1S/C14H23NO5/c1-19-11-6-10(7-13(17)18)15(9-11)12(16)8-14(20-2)4-3-5-14/h10-11H,3-9H2,1-2H3,(H,17,18). The number of nitrogens with zero attached hydrogens (tertiary/aromatic N) is 1. The molecule has 0 aromatic carbocycles. The van der Waals surface area contributed by atoms with Crippen molar-refractivity contribution in [1.82, 2.24) is 4.90 Å². The number of rotatable bonds is 6. The number of ether oxygens (including phenoxy) is 2. The summed E-state index contributed by atoms with van der Waals surface area (Å²) in [7, 11) is 3.24. The average Bonchev–Trinajstić information content (AvgIpc) is 2.76. The molecule has 0 aromatic rings. The Kier molecular flexibility index (Phi) is 4.65. The Hall–Kier alpha value is -1.14. The monoisotopic (exact) mass is 285 g/mol. The van der Waals surface area contributed by atoms with Crippen molar-refractivity contribution < 1.29 is 24.2 Å². The van der Waals surface area contributed by atoms with E-state index in [2.05, 4.69) is 0 Å². The van der Waals surface area contributed by atoms with Crippen LogP contribution in [0.5, 0.6) is 0 Å². The van der Waals surface area contributed by atoms with Crippen LogP contribution in [0.4, 0.5) is 0 Å². The number of carboxylic acid groups (broad SMARTS) is 1. The van der Waals surface area contributed by atoms with Gasteiger partial charge in [0, 0.05) is 26.8 Å². The van der Waals surface area contributed by atoms with E-state index in [1.807, 2.05) is 0 Å². The molecule has 6 nitrogen and oxygen atoms in total. The fraction of sp³-hybridized carbons (Fsp3) is 0.857. The molecule has 1 amide bonds. The molecule has 0 radical (unpaired) electrons. The van der Waals surface area contributed by atoms with Crippen LogP contribution in [0.2, 0.25) is 0 Å². The first-order chi connectivity index (χ1) is 9.49. The van der Waals surface area contributed by atoms with E-state index < -0.39 is 5.97 Å². The lowest BCUT2D eigenvalue weighted by atomic mass is 9.77. The van der Waals surface area contributed by atoms with Crippen LogP contribution in [0.15, 0.2) is 0 Å². The van der Waals surface area contributed by atoms with Crippen molar-refractivity contribution >= 4 is 11.9 Å². The predicted molar refractivity (Wildman–Crippen MR) is 71.4 cm³/mol. The minimum atomic E-state index is -0.880. The molecule has 1 aliphatic heterocycles. The number of carbonyl (C=O) groups excluding carboxylic acids is 1. The van der Waals surface area contributed by atoms with E-state index in [0.29, 0.717) is 19.4 Å². The number of methoxy groups -OCH3 is 2. The van der Waals surface area contributed by atoms with Crippen molar-refractivity contribution in [2.24, 2.45) is 0 Å². The summed E-state index contributed by atoms with van der Waals surface area (Å²) in [6.45, 7) is 0.479. The molecular weight excluding hydrogens is 262 g/mol. The molecule has 2 atom stereocenters. The van der Waals surface area contributed by atoms with Gasteiger partial charge in [0.05, 0.1) is 24.5 Å². The minimum Gasteiger partial charge on any atom is -0.481 e. The number of hydrogen-bond acceptors (Lipinski definition) is 4. The van der Waals surface area contributed by atoms with Crippen LogP contribution in [-0.2, 0) is 19.1 Å². The number of aliphatic carboxylic acids is 1. The zero-order chi connectivity index (χ0) is 14.8. The molecule has 2 rings (SSSR count). The highest BCUT2D eigenvalue weighted by Gasteiger charge is 2.43. The van der Waals surface area contributed by atoms with E-state index >= 15 is 0 Å². The first-order valence-electron chi connectivity index (χ1n) is 7.09. The quantitative estimate of drug-likeness (QED) is 0.789. The maximum absolute atomic E-state index is 12.5. The highest BCUT2D eigenvalue weighted by Crippen LogP contribution is 2.39. The Balaban J connectivity index is 2.00. The predicted octanol–water partition coefficient (Wildman–Crippen LogP) is 1.04. The Labute approximate surface area is 119 Å². The van der Waals surface area contributed by atoms with E-state index in [4.69, 9.17) is 14.6 Å². The molecule has 1 heterocycles. The molecule has 6 heteroatoms. The van der Waals surface area contributed by atoms with Gasteiger partial charge in [-0.25, -0.2) is 0 Å². The molecule has 2 unspecified atom stereocenters. The zero-order valence-electron chi connectivity index (χ0n) is 12.1. The minimum absolute atomic E-state index is 0.0163. The molecule has 2 aliphatic rings. The number of carboxylic acids is 1. The highest BCUT2D eigenvalue weighted by atomic mass is 16.5. The molecule has 1 aliphatic carbocycles. The van der Waals surface area contributed by atoms with Crippen molar-refractivity contribution in [2.45, 2.75) is 56.3 Å². The molecule has 0 bridgehead atoms. The van der Waals surface area contributed by atoms with E-state index in [-0.39, 0.29) is 30.1 Å². The van der Waals surface area contributed by atoms with Gasteiger partial charge in [0.2, 0.25) is 5.91 Å². The van der Waals surface area contributed by atoms with Crippen molar-refractivity contribution in [3.8, 4) is 0 Å². The number of hydrogen-bond donors (Lipinski definition) is 1. The summed E-state index contributed by atoms with van der Waals surface area (Å²) in [5, 5.41) is 8.97. The second-order valence-corrected chi connectivity index (χ2v) is 5.81. The third-order valence-corrected chi connectivity index (χ3v) is 4.61. The third kappa shape index (κ3) is 3.12. The van der Waals surface area contributed by atoms with Gasteiger partial charge in [0.15, 0.2) is 0 Å². The summed E-state index contributed by atoms with van der Waals surface area (Å²) in [5.41, 5.74) is -0.323. The van der Waals surface area contributed by atoms with E-state index in [1.165, 1.54) is 0 Å². The molecule has 1 N–H and O–H groups in total. The zero-order valence-corrected chi connectivity index (χ0v) is 12.1. The molecule has 114 valence electrons. The molecule has 2 fully saturated rings. The van der Waals surface area contributed by atoms with Crippen LogP contribution in [0.1, 0.15) is 38.5 Å². The molecule has 1 saturated carbocycles. The Morgan fingerprint density at radius 3 is 2.50 bits per heavy atom. The largest absolute Gasteiger partial charge is 0.481 e. The molecule has 0 spiro atoms. The number of carbonyl (C=O) groups is 2. The molecule has 0 aromatic heterocycles. The first kappa shape index (κ1) is 15.3. The number of amides is 1. The summed E-state index contributed by atoms with van der Waals surface area (Å²) in [6.07, 6.45) is 3.74. The van der Waals surface area contributed by atoms with Crippen LogP contribution in [0, 0.1) is 0 Å². The van der Waals surface area contributed by atoms with E-state index in [9.17, 15) is 9.59 Å². The van der Waals surface area contributed by atoms with Crippen molar-refractivity contribution in [3.63, 3.8) is 0 Å². The van der Waals surface area contributed by atoms with Gasteiger partial charge in [0.1, 0.15) is 0 Å². The topological polar surface area (TPSA) is 76.1 Å². The van der Waals surface area contributed by atoms with Crippen molar-refractivity contribution in [2.75, 3.05) is 20.8 Å². The molecule has 20 heavy (non-hydrogen) atoms. The Morgan fingerprint density at radius 1 is 1.35 bits per heavy atom. The van der Waals surface area contributed by atoms with Crippen LogP contribution in [0.25, 0.3) is 0 Å². The van der Waals surface area contributed by atoms with E-state index in [0.717, 1.165) is 19.3 Å². The lowest BCUT2D eigenvalue weighted by Gasteiger charge is -2.41. The average molecular weight is 285 g/mol. The summed E-state index contributed by atoms with van der Waals surface area (Å²) >= 11 is 0. The molecular formula is C14H23NO5. The fourth-order valence-electron chi connectivity index (χ4n) is 3.15. The first-order valence-corrected chi connectivity index (χ1v) is 7.09. The summed E-state index contributed by atoms with van der Waals surface area (Å²) in [5.74, 6) is -0.896. The Bertz CT molecular complexity index is 374. The lowest BCUT2D eigenvalue weighted by molar-refractivity contribution is -0.146. The van der Waals surface area contributed by atoms with Gasteiger partial charge in [-0.05, 0) is 25.7 Å². The van der Waals surface area contributed by atoms with Gasteiger partial charge in [-0.3, -0.25) is 9.59 Å². The van der Waals surface area contributed by atoms with Crippen LogP contribution >= 0.6 is 0 Å². The second-order valence-electron chi connectivity index (χ2n) is 5.81. The maximum Gasteiger partial charge on any atom is 0.305 e. The molecule has 1 saturated heterocycles. The lowest BCUT2D eigenvalue weighted by Crippen LogP contribution is -2.46. The normalized spacial score (nSPS) is 28.2. The van der Waals surface area contributed by atoms with Gasteiger partial charge in [-0.1, -0.05) is 0 Å². The third-order valence-electron chi connectivity index (χ3n) is 4.61. The van der Waals surface area contributed by atoms with Gasteiger partial charge in [0.25, 0.3) is 0 Å². The van der Waals surface area contributed by atoms with Crippen LogP contribution in [-0.4, -0.2) is 60.4 Å². The summed E-state index contributed by atoms with van der Waals surface area (Å²) < 4.78 is 10.8. The Morgan fingerprint density at radius 2 is 2.05 bits per heavy atom. The van der Waals surface area contributed by atoms with Gasteiger partial charge in [-0.15, -0.1) is 0 Å². The van der Waals surface area contributed by atoms with Crippen LogP contribution < -0.4 is 0 Å². The van der Waals surface area contributed by atoms with Gasteiger partial charge < -0.3 is 19.5 Å². The fourth-order valence-corrected chi connectivity index (χ4v) is 3.15. The summed E-state index contributed by atoms with van der Waals surface area (Å²) in [4.78, 5) is 25.1. The smallest absolute Gasteiger partial charge is 0.305 e. The second kappa shape index (κ2) is 6.10. The highest BCUT2D eigenvalue weighted by molar-refractivity contribution is 5.79. The van der Waals surface area contributed by atoms with Crippen molar-refractivity contribution in [1.29, 1.82) is 0 Å². The van der Waals surface area contributed by atoms with E-state index in [1.54, 1.807) is 19.1 Å². The van der Waals surface area contributed by atoms with Gasteiger partial charge in [-0.2, -0.15) is 0 Å². The number of likely N-dealkylation sites (tertiary alicyclic amines) is 1.